The summed E-state index contributed by atoms with van der Waals surface area (Å²) in [5.41, 5.74) is 2.13. The monoisotopic (exact) mass is 409 g/mol. The van der Waals surface area contributed by atoms with E-state index in [2.05, 4.69) is 60.5 Å². The Morgan fingerprint density at radius 3 is 2.70 bits per heavy atom. The lowest BCUT2D eigenvalue weighted by atomic mass is 10.2. The maximum atomic E-state index is 11.5. The Bertz CT molecular complexity index is 968. The molecule has 0 aliphatic carbocycles. The Hall–Kier alpha value is -3.04. The van der Waals surface area contributed by atoms with E-state index in [0.29, 0.717) is 13.1 Å². The number of rotatable bonds is 8. The van der Waals surface area contributed by atoms with Gasteiger partial charge in [0.05, 0.1) is 18.1 Å². The maximum Gasteiger partial charge on any atom is 0.246 e. The highest BCUT2D eigenvalue weighted by atomic mass is 16.5. The molecule has 0 radical (unpaired) electrons. The van der Waals surface area contributed by atoms with Crippen LogP contribution in [0.5, 0.6) is 0 Å². The Morgan fingerprint density at radius 2 is 1.93 bits per heavy atom. The third kappa shape index (κ3) is 4.74. The molecule has 0 atom stereocenters. The van der Waals surface area contributed by atoms with Crippen LogP contribution in [0.1, 0.15) is 5.56 Å². The van der Waals surface area contributed by atoms with Crippen molar-refractivity contribution in [2.45, 2.75) is 13.1 Å². The summed E-state index contributed by atoms with van der Waals surface area (Å²) in [6.45, 7) is 5.84. The Labute approximate surface area is 175 Å². The number of carbonyl (C=O) groups excluding carboxylic acids is 1. The topological polar surface area (TPSA) is 88.4 Å². The summed E-state index contributed by atoms with van der Waals surface area (Å²) in [5, 5.41) is 8.21. The third-order valence-electron chi connectivity index (χ3n) is 5.25. The molecule has 1 aliphatic heterocycles. The van der Waals surface area contributed by atoms with Crippen LogP contribution in [0.3, 0.4) is 0 Å². The van der Waals surface area contributed by atoms with Crippen molar-refractivity contribution >= 4 is 22.8 Å². The standard InChI is InChI=1S/C21H27N7O2/c1-30-15-19(29)22-7-8-28-21-18(13-25-28)20(23-16-24-21)27-11-9-26(10-12-27)14-17-5-3-2-4-6-17/h2-6,13,16H,7-12,14-15H2,1H3,(H,22,29). The van der Waals surface area contributed by atoms with Gasteiger partial charge in [0, 0.05) is 46.4 Å². The summed E-state index contributed by atoms with van der Waals surface area (Å²) in [5.74, 6) is 0.784. The number of nitrogens with one attached hydrogen (secondary N) is 1. The van der Waals surface area contributed by atoms with Gasteiger partial charge in [-0.25, -0.2) is 14.6 Å². The van der Waals surface area contributed by atoms with Gasteiger partial charge in [-0.05, 0) is 5.56 Å². The Kier molecular flexibility index (Phi) is 6.50. The molecule has 1 aliphatic rings. The van der Waals surface area contributed by atoms with E-state index in [1.54, 1.807) is 11.0 Å². The number of fused-ring (bicyclic) bond motifs is 1. The van der Waals surface area contributed by atoms with E-state index in [1.807, 2.05) is 6.20 Å². The number of nitrogens with zero attached hydrogens (tertiary/aromatic N) is 6. The lowest BCUT2D eigenvalue weighted by Gasteiger charge is -2.35. The molecule has 3 heterocycles. The van der Waals surface area contributed by atoms with E-state index in [9.17, 15) is 4.79 Å². The van der Waals surface area contributed by atoms with Crippen LogP contribution in [-0.2, 0) is 22.6 Å². The fourth-order valence-electron chi connectivity index (χ4n) is 3.74. The van der Waals surface area contributed by atoms with Crippen molar-refractivity contribution in [1.82, 2.24) is 30.0 Å². The first-order valence-corrected chi connectivity index (χ1v) is 10.2. The number of anilines is 1. The minimum Gasteiger partial charge on any atom is -0.375 e. The molecule has 1 amide bonds. The zero-order chi connectivity index (χ0) is 20.8. The molecular weight excluding hydrogens is 382 g/mol. The van der Waals surface area contributed by atoms with Crippen LogP contribution in [0.4, 0.5) is 5.82 Å². The number of methoxy groups -OCH3 is 1. The highest BCUT2D eigenvalue weighted by Crippen LogP contribution is 2.24. The fraction of sp³-hybridized carbons (Fsp3) is 0.429. The van der Waals surface area contributed by atoms with Crippen molar-refractivity contribution in [3.05, 3.63) is 48.4 Å². The summed E-state index contributed by atoms with van der Waals surface area (Å²) >= 11 is 0. The van der Waals surface area contributed by atoms with Gasteiger partial charge in [-0.1, -0.05) is 30.3 Å². The van der Waals surface area contributed by atoms with Gasteiger partial charge in [0.1, 0.15) is 18.8 Å². The first-order chi connectivity index (χ1) is 14.7. The maximum absolute atomic E-state index is 11.5. The van der Waals surface area contributed by atoms with Crippen molar-refractivity contribution < 1.29 is 9.53 Å². The van der Waals surface area contributed by atoms with Gasteiger partial charge >= 0.3 is 0 Å². The largest absolute Gasteiger partial charge is 0.375 e. The van der Waals surface area contributed by atoms with Crippen LogP contribution < -0.4 is 10.2 Å². The number of aromatic nitrogens is 4. The molecule has 9 nitrogen and oxygen atoms in total. The summed E-state index contributed by atoms with van der Waals surface area (Å²) < 4.78 is 6.63. The minimum absolute atomic E-state index is 0.0580. The van der Waals surface area contributed by atoms with Crippen LogP contribution in [-0.4, -0.2) is 77.0 Å². The van der Waals surface area contributed by atoms with Gasteiger partial charge in [-0.15, -0.1) is 0 Å². The molecule has 1 fully saturated rings. The first kappa shape index (κ1) is 20.2. The van der Waals surface area contributed by atoms with E-state index in [-0.39, 0.29) is 12.5 Å². The van der Waals surface area contributed by atoms with Crippen LogP contribution in [0.15, 0.2) is 42.9 Å². The van der Waals surface area contributed by atoms with Crippen molar-refractivity contribution in [3.63, 3.8) is 0 Å². The minimum atomic E-state index is -0.141. The van der Waals surface area contributed by atoms with Crippen LogP contribution in [0.2, 0.25) is 0 Å². The predicted octanol–water partition coefficient (Wildman–Crippen LogP) is 0.911. The van der Waals surface area contributed by atoms with E-state index in [0.717, 1.165) is 49.6 Å². The predicted molar refractivity (Wildman–Crippen MR) is 114 cm³/mol. The van der Waals surface area contributed by atoms with Gasteiger partial charge in [-0.3, -0.25) is 9.69 Å². The SMILES string of the molecule is COCC(=O)NCCn1ncc2c(N3CCN(Cc4ccccc4)CC3)ncnc21. The molecule has 0 bridgehead atoms. The molecule has 1 saturated heterocycles. The number of piperazine rings is 1. The number of hydrogen-bond acceptors (Lipinski definition) is 7. The van der Waals surface area contributed by atoms with Crippen LogP contribution in [0.25, 0.3) is 11.0 Å². The molecule has 4 rings (SSSR count). The second-order valence-electron chi connectivity index (χ2n) is 7.33. The molecule has 30 heavy (non-hydrogen) atoms. The first-order valence-electron chi connectivity index (χ1n) is 10.2. The smallest absolute Gasteiger partial charge is 0.246 e. The van der Waals surface area contributed by atoms with E-state index < -0.39 is 0 Å². The quantitative estimate of drug-likeness (QED) is 0.592. The molecule has 0 unspecified atom stereocenters. The van der Waals surface area contributed by atoms with Crippen molar-refractivity contribution in [1.29, 1.82) is 0 Å². The highest BCUT2D eigenvalue weighted by molar-refractivity contribution is 5.86. The molecule has 0 spiro atoms. The highest BCUT2D eigenvalue weighted by Gasteiger charge is 2.21. The van der Waals surface area contributed by atoms with Crippen molar-refractivity contribution in [2.24, 2.45) is 0 Å². The average Bonchev–Trinajstić information content (AvgIpc) is 3.19. The zero-order valence-corrected chi connectivity index (χ0v) is 17.2. The van der Waals surface area contributed by atoms with E-state index >= 15 is 0 Å². The van der Waals surface area contributed by atoms with Gasteiger partial charge in [-0.2, -0.15) is 5.10 Å². The number of hydrogen-bond donors (Lipinski definition) is 1. The number of carbonyl (C=O) groups is 1. The molecule has 2 aromatic heterocycles. The lowest BCUT2D eigenvalue weighted by molar-refractivity contribution is -0.124. The number of amides is 1. The normalized spacial score (nSPS) is 14.9. The third-order valence-corrected chi connectivity index (χ3v) is 5.25. The van der Waals surface area contributed by atoms with E-state index in [1.165, 1.54) is 12.7 Å². The van der Waals surface area contributed by atoms with Crippen molar-refractivity contribution in [3.8, 4) is 0 Å². The van der Waals surface area contributed by atoms with Gasteiger partial charge in [0.15, 0.2) is 5.65 Å². The second-order valence-corrected chi connectivity index (χ2v) is 7.33. The molecule has 158 valence electrons. The zero-order valence-electron chi connectivity index (χ0n) is 17.2. The Morgan fingerprint density at radius 1 is 1.13 bits per heavy atom. The molecule has 9 heteroatoms. The number of benzene rings is 1. The molecule has 0 saturated carbocycles. The second kappa shape index (κ2) is 9.64. The van der Waals surface area contributed by atoms with Crippen LogP contribution in [0, 0.1) is 0 Å². The van der Waals surface area contributed by atoms with Gasteiger partial charge in [0.2, 0.25) is 5.91 Å². The summed E-state index contributed by atoms with van der Waals surface area (Å²) in [6, 6.07) is 10.6. The van der Waals surface area contributed by atoms with E-state index in [4.69, 9.17) is 4.74 Å². The molecule has 1 N–H and O–H groups in total. The molecule has 3 aromatic rings. The number of ether oxygens (including phenoxy) is 1. The summed E-state index contributed by atoms with van der Waals surface area (Å²) in [6.07, 6.45) is 3.41. The Balaban J connectivity index is 1.38. The lowest BCUT2D eigenvalue weighted by Crippen LogP contribution is -2.46. The summed E-state index contributed by atoms with van der Waals surface area (Å²) in [7, 11) is 1.50. The summed E-state index contributed by atoms with van der Waals surface area (Å²) in [4.78, 5) is 25.3. The fourth-order valence-corrected chi connectivity index (χ4v) is 3.74. The van der Waals surface area contributed by atoms with Gasteiger partial charge < -0.3 is 15.0 Å². The average molecular weight is 409 g/mol. The molecule has 1 aromatic carbocycles. The molecular formula is C21H27N7O2. The van der Waals surface area contributed by atoms with Crippen LogP contribution >= 0.6 is 0 Å². The van der Waals surface area contributed by atoms with Gasteiger partial charge in [0.25, 0.3) is 0 Å². The van der Waals surface area contributed by atoms with Crippen molar-refractivity contribution in [2.75, 3.05) is 51.3 Å².